The van der Waals surface area contributed by atoms with Crippen molar-refractivity contribution in [1.82, 2.24) is 9.78 Å². The average molecular weight is 508 g/mol. The normalized spacial score (nSPS) is 20.1. The number of fused-ring (bicyclic) bond motifs is 1. The van der Waals surface area contributed by atoms with Gasteiger partial charge in [-0.2, -0.15) is 9.78 Å². The van der Waals surface area contributed by atoms with Crippen molar-refractivity contribution in [3.05, 3.63) is 75.7 Å². The molecule has 1 amide bonds. The molecule has 37 heavy (non-hydrogen) atoms. The summed E-state index contributed by atoms with van der Waals surface area (Å²) < 4.78 is 29.2. The van der Waals surface area contributed by atoms with Gasteiger partial charge in [-0.05, 0) is 56.0 Å². The van der Waals surface area contributed by atoms with Gasteiger partial charge in [0.05, 0.1) is 11.4 Å². The van der Waals surface area contributed by atoms with Crippen LogP contribution in [0.5, 0.6) is 0 Å². The number of para-hydroxylation sites is 1. The zero-order chi connectivity index (χ0) is 26.4. The number of rotatable bonds is 7. The van der Waals surface area contributed by atoms with E-state index in [1.54, 1.807) is 12.1 Å². The third kappa shape index (κ3) is 4.46. The largest absolute Gasteiger partial charge is 0.382 e. The molecule has 5 N–H and O–H groups in total. The lowest BCUT2D eigenvalue weighted by Gasteiger charge is -2.28. The molecule has 1 saturated heterocycles. The summed E-state index contributed by atoms with van der Waals surface area (Å²) in [5.41, 5.74) is 6.97. The molecule has 0 spiro atoms. The van der Waals surface area contributed by atoms with Crippen LogP contribution in [-0.2, 0) is 0 Å². The van der Waals surface area contributed by atoms with E-state index >= 15 is 0 Å². The minimum absolute atomic E-state index is 0.122. The Balaban J connectivity index is 1.52. The Bertz CT molecular complexity index is 1420. The molecule has 192 valence electrons. The number of piperidine rings is 1. The van der Waals surface area contributed by atoms with Crippen molar-refractivity contribution in [2.75, 3.05) is 28.6 Å². The van der Waals surface area contributed by atoms with Gasteiger partial charge in [0.2, 0.25) is 0 Å². The fourth-order valence-electron chi connectivity index (χ4n) is 4.96. The smallest absolute Gasteiger partial charge is 0.276 e. The van der Waals surface area contributed by atoms with Crippen LogP contribution in [-0.4, -0.2) is 47.1 Å². The zero-order valence-electron chi connectivity index (χ0n) is 20.3. The second-order valence-electron chi connectivity index (χ2n) is 9.67. The Labute approximate surface area is 211 Å². The lowest BCUT2D eigenvalue weighted by molar-refractivity contribution is 0.102. The lowest BCUT2D eigenvalue weighted by Crippen LogP contribution is -2.31. The van der Waals surface area contributed by atoms with Gasteiger partial charge in [0.25, 0.3) is 11.5 Å². The molecule has 1 aliphatic carbocycles. The van der Waals surface area contributed by atoms with Crippen LogP contribution in [0.1, 0.15) is 29.9 Å². The molecule has 2 heterocycles. The van der Waals surface area contributed by atoms with Crippen molar-refractivity contribution in [3.8, 4) is 5.69 Å². The highest BCUT2D eigenvalue weighted by molar-refractivity contribution is 6.08. The van der Waals surface area contributed by atoms with Gasteiger partial charge in [0.15, 0.2) is 11.6 Å². The Morgan fingerprint density at radius 1 is 1.08 bits per heavy atom. The summed E-state index contributed by atoms with van der Waals surface area (Å²) in [5.74, 6) is -1.91. The monoisotopic (exact) mass is 507 g/mol. The summed E-state index contributed by atoms with van der Waals surface area (Å²) in [5, 5.41) is 18.2. The predicted octanol–water partition coefficient (Wildman–Crippen LogP) is 2.97. The van der Waals surface area contributed by atoms with Crippen LogP contribution in [0.4, 0.5) is 25.8 Å². The first-order valence-corrected chi connectivity index (χ1v) is 12.0. The van der Waals surface area contributed by atoms with Crippen LogP contribution in [0, 0.1) is 28.9 Å². The number of hydrogen-bond acceptors (Lipinski definition) is 7. The first-order chi connectivity index (χ1) is 17.7. The van der Waals surface area contributed by atoms with Crippen LogP contribution < -0.4 is 26.8 Å². The van der Waals surface area contributed by atoms with E-state index in [4.69, 9.17) is 11.1 Å². The summed E-state index contributed by atoms with van der Waals surface area (Å²) in [7, 11) is 0. The van der Waals surface area contributed by atoms with E-state index in [0.29, 0.717) is 46.5 Å². The maximum absolute atomic E-state index is 14.3. The number of aromatic nitrogens is 2. The van der Waals surface area contributed by atoms with Gasteiger partial charge in [-0.15, -0.1) is 0 Å². The zero-order valence-corrected chi connectivity index (χ0v) is 20.3. The van der Waals surface area contributed by atoms with Crippen molar-refractivity contribution < 1.29 is 13.6 Å². The molecule has 1 aromatic heterocycles. The predicted molar refractivity (Wildman–Crippen MR) is 138 cm³/mol. The van der Waals surface area contributed by atoms with Crippen LogP contribution in [0.25, 0.3) is 5.69 Å². The molecule has 1 unspecified atom stereocenters. The first-order valence-electron chi connectivity index (χ1n) is 12.0. The Kier molecular flexibility index (Phi) is 6.24. The van der Waals surface area contributed by atoms with Gasteiger partial charge in [-0.25, -0.2) is 8.78 Å². The maximum atomic E-state index is 14.3. The molecule has 0 bridgehead atoms. The molecule has 0 radical (unpaired) electrons. The number of halogens is 2. The highest BCUT2D eigenvalue weighted by atomic mass is 19.1. The summed E-state index contributed by atoms with van der Waals surface area (Å²) >= 11 is 0. The fraction of sp³-hybridized carbons (Fsp3) is 0.308. The van der Waals surface area contributed by atoms with Gasteiger partial charge in [-0.3, -0.25) is 9.59 Å². The Morgan fingerprint density at radius 2 is 1.73 bits per heavy atom. The molecule has 2 fully saturated rings. The number of hydrogen-bond donors (Lipinski definition) is 4. The molecule has 2 aromatic carbocycles. The van der Waals surface area contributed by atoms with E-state index in [1.165, 1.54) is 18.3 Å². The highest BCUT2D eigenvalue weighted by Crippen LogP contribution is 2.48. The van der Waals surface area contributed by atoms with E-state index in [0.717, 1.165) is 23.9 Å². The third-order valence-corrected chi connectivity index (χ3v) is 6.81. The van der Waals surface area contributed by atoms with E-state index < -0.39 is 28.8 Å². The molecule has 3 atom stereocenters. The summed E-state index contributed by atoms with van der Waals surface area (Å²) in [4.78, 5) is 27.7. The van der Waals surface area contributed by atoms with Crippen LogP contribution >= 0.6 is 0 Å². The van der Waals surface area contributed by atoms with Crippen molar-refractivity contribution in [2.24, 2.45) is 17.6 Å². The number of carbonyl (C=O) groups excluding carboxylic acids is 1. The van der Waals surface area contributed by atoms with E-state index in [9.17, 15) is 18.4 Å². The van der Waals surface area contributed by atoms with Gasteiger partial charge in [0.1, 0.15) is 11.4 Å². The highest BCUT2D eigenvalue weighted by Gasteiger charge is 2.54. The third-order valence-electron chi connectivity index (χ3n) is 6.81. The van der Waals surface area contributed by atoms with Crippen molar-refractivity contribution >= 4 is 29.2 Å². The maximum Gasteiger partial charge on any atom is 0.276 e. The summed E-state index contributed by atoms with van der Waals surface area (Å²) in [6.45, 7) is 5.39. The molecule has 5 rings (SSSR count). The lowest BCUT2D eigenvalue weighted by atomic mass is 10.1. The molecule has 11 heteroatoms. The fourth-order valence-corrected chi connectivity index (χ4v) is 4.96. The van der Waals surface area contributed by atoms with Crippen LogP contribution in [0.3, 0.4) is 0 Å². The summed E-state index contributed by atoms with van der Waals surface area (Å²) in [6, 6.07) is 9.21. The van der Waals surface area contributed by atoms with Gasteiger partial charge in [0, 0.05) is 48.7 Å². The quantitative estimate of drug-likeness (QED) is 0.364. The number of nitrogens with two attached hydrogens (primary N) is 1. The number of benzene rings is 2. The van der Waals surface area contributed by atoms with E-state index in [1.807, 2.05) is 13.8 Å². The Hall–Kier alpha value is -4.12. The van der Waals surface area contributed by atoms with Gasteiger partial charge >= 0.3 is 0 Å². The average Bonchev–Trinajstić information content (AvgIpc) is 3.24. The summed E-state index contributed by atoms with van der Waals surface area (Å²) in [6.07, 6.45) is 1.25. The second-order valence-corrected chi connectivity index (χ2v) is 9.67. The molecule has 9 nitrogen and oxygen atoms in total. The van der Waals surface area contributed by atoms with Gasteiger partial charge < -0.3 is 26.7 Å². The van der Waals surface area contributed by atoms with Gasteiger partial charge in [-0.1, -0.05) is 6.07 Å². The number of amides is 1. The van der Waals surface area contributed by atoms with Crippen LogP contribution in [0.15, 0.2) is 47.3 Å². The minimum Gasteiger partial charge on any atom is -0.382 e. The molecule has 2 aliphatic rings. The van der Waals surface area contributed by atoms with E-state index in [2.05, 4.69) is 20.6 Å². The number of anilines is 3. The Morgan fingerprint density at radius 3 is 2.35 bits per heavy atom. The standard InChI is InChI=1S/C26H27F2N7O2/c1-13(2)31-19-6-7-20(24(14(19)10-29)34-11-15-16(12-34)23(15)30)32-26(37)21-8-9-22(36)35(33-21)25-17(27)4-3-5-18(25)28/h3-10,13,15-16,23,29,31H,11-12,30H2,1-2H3,(H,32,37)/t15-,16+,23?. The molecular weight excluding hydrogens is 480 g/mol. The number of nitrogens with zero attached hydrogens (tertiary/aromatic N) is 3. The second kappa shape index (κ2) is 9.40. The number of carbonyl (C=O) groups is 1. The van der Waals surface area contributed by atoms with Crippen LogP contribution in [0.2, 0.25) is 0 Å². The van der Waals surface area contributed by atoms with E-state index in [-0.39, 0.29) is 17.8 Å². The minimum atomic E-state index is -0.982. The number of nitrogens with one attached hydrogen (secondary N) is 3. The molecule has 1 saturated carbocycles. The molecule has 1 aliphatic heterocycles. The molecule has 3 aromatic rings. The SMILES string of the molecule is CC(C)Nc1ccc(NC(=O)c2ccc(=O)n(-c3c(F)cccc3F)n2)c(N2C[C@@H]3C(N)[C@@H]3C2)c1C=N. The van der Waals surface area contributed by atoms with Crippen molar-refractivity contribution in [1.29, 1.82) is 5.41 Å². The van der Waals surface area contributed by atoms with Crippen molar-refractivity contribution in [2.45, 2.75) is 25.9 Å². The topological polar surface area (TPSA) is 129 Å². The molecular formula is C26H27F2N7O2. The first kappa shape index (κ1) is 24.6. The van der Waals surface area contributed by atoms with Crippen molar-refractivity contribution in [3.63, 3.8) is 0 Å².